The Hall–Kier alpha value is -1.92. The van der Waals surface area contributed by atoms with Crippen molar-refractivity contribution in [2.75, 3.05) is 13.2 Å². The maximum absolute atomic E-state index is 12.6. The van der Waals surface area contributed by atoms with Gasteiger partial charge in [-0.1, -0.05) is 365 Å². The Bertz CT molecular complexity index is 1360. The van der Waals surface area contributed by atoms with E-state index < -0.39 is 12.1 Å². The summed E-state index contributed by atoms with van der Waals surface area (Å²) >= 11 is 0. The van der Waals surface area contributed by atoms with Crippen LogP contribution in [0.2, 0.25) is 0 Å². The molecule has 0 spiro atoms. The lowest BCUT2D eigenvalue weighted by atomic mass is 10.0. The van der Waals surface area contributed by atoms with Crippen LogP contribution in [-0.2, 0) is 14.3 Å². The summed E-state index contributed by atoms with van der Waals surface area (Å²) in [5, 5.41) is 23.5. The first-order chi connectivity index (χ1) is 41.5. The zero-order valence-electron chi connectivity index (χ0n) is 56.9. The molecule has 0 radical (unpaired) electrons. The van der Waals surface area contributed by atoms with Gasteiger partial charge in [-0.25, -0.2) is 0 Å². The predicted molar refractivity (Wildman–Crippen MR) is 370 cm³/mol. The maximum Gasteiger partial charge on any atom is 0.305 e. The normalized spacial score (nSPS) is 12.7. The Morgan fingerprint density at radius 1 is 0.333 bits per heavy atom. The van der Waals surface area contributed by atoms with Gasteiger partial charge in [-0.2, -0.15) is 0 Å². The van der Waals surface area contributed by atoms with E-state index in [1.807, 2.05) is 0 Å². The van der Waals surface area contributed by atoms with Crippen LogP contribution in [0.1, 0.15) is 425 Å². The summed E-state index contributed by atoms with van der Waals surface area (Å²) in [5.41, 5.74) is 0. The lowest BCUT2D eigenvalue weighted by Crippen LogP contribution is -2.45. The molecule has 1 amide bonds. The second-order valence-electron chi connectivity index (χ2n) is 26.3. The summed E-state index contributed by atoms with van der Waals surface area (Å²) in [7, 11) is 0. The van der Waals surface area contributed by atoms with Crippen molar-refractivity contribution in [3.05, 3.63) is 36.5 Å². The Kier molecular flexibility index (Phi) is 71.9. The van der Waals surface area contributed by atoms with Crippen LogP contribution in [-0.4, -0.2) is 47.4 Å². The number of carbonyl (C=O) groups excluding carboxylic acids is 2. The Morgan fingerprint density at radius 3 is 0.940 bits per heavy atom. The summed E-state index contributed by atoms with van der Waals surface area (Å²) in [6.45, 7) is 4.97. The molecule has 0 rings (SSSR count). The number of allylic oxidation sites excluding steroid dienone is 6. The highest BCUT2D eigenvalue weighted by atomic mass is 16.5. The predicted octanol–water partition coefficient (Wildman–Crippen LogP) is 25.0. The average molecular weight is 1180 g/mol. The largest absolute Gasteiger partial charge is 0.466 e. The molecule has 84 heavy (non-hydrogen) atoms. The number of unbranched alkanes of at least 4 members (excludes halogenated alkanes) is 55. The highest BCUT2D eigenvalue weighted by Crippen LogP contribution is 2.19. The summed E-state index contributed by atoms with van der Waals surface area (Å²) in [5.74, 6) is -0.0250. The van der Waals surface area contributed by atoms with Crippen molar-refractivity contribution in [1.29, 1.82) is 0 Å². The summed E-state index contributed by atoms with van der Waals surface area (Å²) in [6.07, 6.45) is 94.9. The van der Waals surface area contributed by atoms with Gasteiger partial charge >= 0.3 is 5.97 Å². The standard InChI is InChI=1S/C78H149NO5/c1-3-5-7-9-11-13-15-17-19-21-23-24-25-28-31-35-38-42-46-50-54-58-62-66-70-76(81)75(74-80)79-77(82)71-67-63-59-55-51-47-43-39-36-32-29-26-27-30-33-37-41-45-49-53-57-61-65-69-73-84-78(83)72-68-64-60-56-52-48-44-40-34-22-20-18-16-14-12-10-8-6-4-2/h12,14,18,20,29,32,75-76,80-81H,3-11,13,15-17,19,21-28,30-31,33-74H2,1-2H3,(H,79,82)/b14-12-,20-18-,32-29-. The lowest BCUT2D eigenvalue weighted by molar-refractivity contribution is -0.143. The van der Waals surface area contributed by atoms with Crippen molar-refractivity contribution in [2.24, 2.45) is 0 Å². The number of amides is 1. The summed E-state index contributed by atoms with van der Waals surface area (Å²) in [6, 6.07) is -0.547. The van der Waals surface area contributed by atoms with E-state index in [1.165, 1.54) is 340 Å². The maximum atomic E-state index is 12.6. The van der Waals surface area contributed by atoms with Gasteiger partial charge < -0.3 is 20.3 Å². The zero-order chi connectivity index (χ0) is 60.6. The van der Waals surface area contributed by atoms with E-state index in [0.29, 0.717) is 25.9 Å². The van der Waals surface area contributed by atoms with Crippen LogP contribution in [0, 0.1) is 0 Å². The highest BCUT2D eigenvalue weighted by Gasteiger charge is 2.20. The fourth-order valence-corrected chi connectivity index (χ4v) is 12.1. The van der Waals surface area contributed by atoms with E-state index in [4.69, 9.17) is 4.74 Å². The molecular weight excluding hydrogens is 1030 g/mol. The van der Waals surface area contributed by atoms with E-state index in [1.54, 1.807) is 0 Å². The van der Waals surface area contributed by atoms with Gasteiger partial charge in [0.05, 0.1) is 25.4 Å². The molecule has 0 fully saturated rings. The lowest BCUT2D eigenvalue weighted by Gasteiger charge is -2.22. The molecule has 0 aliphatic carbocycles. The highest BCUT2D eigenvalue weighted by molar-refractivity contribution is 5.76. The third-order valence-corrected chi connectivity index (χ3v) is 17.9. The fourth-order valence-electron chi connectivity index (χ4n) is 12.1. The average Bonchev–Trinajstić information content (AvgIpc) is 3.51. The molecule has 6 nitrogen and oxygen atoms in total. The minimum absolute atomic E-state index is 0.00971. The quantitative estimate of drug-likeness (QED) is 0.0320. The van der Waals surface area contributed by atoms with Gasteiger partial charge in [0.25, 0.3) is 0 Å². The van der Waals surface area contributed by atoms with Gasteiger partial charge in [-0.15, -0.1) is 0 Å². The third kappa shape index (κ3) is 69.2. The first-order valence-corrected chi connectivity index (χ1v) is 38.2. The monoisotopic (exact) mass is 1180 g/mol. The van der Waals surface area contributed by atoms with Crippen molar-refractivity contribution >= 4 is 11.9 Å². The molecule has 0 heterocycles. The number of hydrogen-bond donors (Lipinski definition) is 3. The second-order valence-corrected chi connectivity index (χ2v) is 26.3. The van der Waals surface area contributed by atoms with Crippen LogP contribution in [0.4, 0.5) is 0 Å². The Balaban J connectivity index is 3.39. The van der Waals surface area contributed by atoms with E-state index in [2.05, 4.69) is 55.6 Å². The number of hydrogen-bond acceptors (Lipinski definition) is 5. The fraction of sp³-hybridized carbons (Fsp3) is 0.897. The molecule has 6 heteroatoms. The van der Waals surface area contributed by atoms with Gasteiger partial charge in [-0.05, 0) is 83.5 Å². The molecule has 0 aromatic heterocycles. The third-order valence-electron chi connectivity index (χ3n) is 17.9. The molecule has 0 saturated heterocycles. The molecule has 0 aliphatic rings. The van der Waals surface area contributed by atoms with Gasteiger partial charge in [-0.3, -0.25) is 9.59 Å². The van der Waals surface area contributed by atoms with Gasteiger partial charge in [0.15, 0.2) is 0 Å². The van der Waals surface area contributed by atoms with Gasteiger partial charge in [0, 0.05) is 12.8 Å². The molecule has 0 aromatic rings. The van der Waals surface area contributed by atoms with Crippen LogP contribution >= 0.6 is 0 Å². The van der Waals surface area contributed by atoms with E-state index >= 15 is 0 Å². The molecule has 0 bridgehead atoms. The van der Waals surface area contributed by atoms with Crippen molar-refractivity contribution in [3.63, 3.8) is 0 Å². The summed E-state index contributed by atoms with van der Waals surface area (Å²) < 4.78 is 5.51. The molecule has 0 aromatic carbocycles. The number of aliphatic hydroxyl groups excluding tert-OH is 2. The van der Waals surface area contributed by atoms with Crippen molar-refractivity contribution in [1.82, 2.24) is 5.32 Å². The summed E-state index contributed by atoms with van der Waals surface area (Å²) in [4.78, 5) is 24.7. The number of nitrogens with one attached hydrogen (secondary N) is 1. The van der Waals surface area contributed by atoms with Crippen LogP contribution in [0.25, 0.3) is 0 Å². The van der Waals surface area contributed by atoms with E-state index in [0.717, 1.165) is 51.4 Å². The number of ether oxygens (including phenoxy) is 1. The molecule has 3 N–H and O–H groups in total. The van der Waals surface area contributed by atoms with Crippen LogP contribution in [0.5, 0.6) is 0 Å². The van der Waals surface area contributed by atoms with Crippen molar-refractivity contribution in [3.8, 4) is 0 Å². The van der Waals surface area contributed by atoms with E-state index in [9.17, 15) is 19.8 Å². The zero-order valence-corrected chi connectivity index (χ0v) is 56.9. The Morgan fingerprint density at radius 2 is 0.595 bits per heavy atom. The second kappa shape index (κ2) is 73.5. The smallest absolute Gasteiger partial charge is 0.305 e. The van der Waals surface area contributed by atoms with Crippen LogP contribution < -0.4 is 5.32 Å². The van der Waals surface area contributed by atoms with Gasteiger partial charge in [0.2, 0.25) is 5.91 Å². The number of rotatable bonds is 72. The molecule has 0 aliphatic heterocycles. The van der Waals surface area contributed by atoms with E-state index in [-0.39, 0.29) is 18.5 Å². The molecule has 2 atom stereocenters. The Labute approximate surface area is 525 Å². The minimum Gasteiger partial charge on any atom is -0.466 e. The number of esters is 1. The number of carbonyl (C=O) groups is 2. The van der Waals surface area contributed by atoms with Gasteiger partial charge in [0.1, 0.15) is 0 Å². The first kappa shape index (κ1) is 82.1. The molecule has 2 unspecified atom stereocenters. The van der Waals surface area contributed by atoms with Crippen molar-refractivity contribution in [2.45, 2.75) is 437 Å². The molecular formula is C78H149NO5. The van der Waals surface area contributed by atoms with Crippen molar-refractivity contribution < 1.29 is 24.5 Å². The topological polar surface area (TPSA) is 95.9 Å². The first-order valence-electron chi connectivity index (χ1n) is 38.2. The molecule has 496 valence electrons. The number of aliphatic hydroxyl groups is 2. The SMILES string of the molecule is CCCCC/C=C\C/C=C\CCCCCCCCCCCC(=O)OCCCCCCCCCCCCCC/C=C\CCCCCCCCCCC(=O)NC(CO)C(O)CCCCCCCCCCCCCCCCCCCCCCCCCC. The molecule has 0 saturated carbocycles. The minimum atomic E-state index is -0.669. The van der Waals surface area contributed by atoms with Crippen LogP contribution in [0.15, 0.2) is 36.5 Å². The van der Waals surface area contributed by atoms with Crippen LogP contribution in [0.3, 0.4) is 0 Å².